The number of fused-ring (bicyclic) bond motifs is 1. The number of hydroxylamine groups is 1. The van der Waals surface area contributed by atoms with Gasteiger partial charge >= 0.3 is 0 Å². The molecule has 2 heterocycles. The lowest BCUT2D eigenvalue weighted by molar-refractivity contribution is -0.161. The highest BCUT2D eigenvalue weighted by molar-refractivity contribution is 5.91. The van der Waals surface area contributed by atoms with Crippen molar-refractivity contribution in [3.05, 3.63) is 17.7 Å². The molecule has 2 N–H and O–H groups in total. The number of imidazole rings is 1. The van der Waals surface area contributed by atoms with E-state index in [1.54, 1.807) is 11.7 Å². The molecule has 1 aromatic rings. The molecule has 6 rings (SSSR count). The Balaban J connectivity index is 1.42. The van der Waals surface area contributed by atoms with Gasteiger partial charge < -0.3 is 9.47 Å². The van der Waals surface area contributed by atoms with Gasteiger partial charge in [0.25, 0.3) is 5.91 Å². The summed E-state index contributed by atoms with van der Waals surface area (Å²) in [6.45, 7) is 3.30. The average Bonchev–Trinajstić information content (AvgIpc) is 3.05. The molecule has 4 aliphatic carbocycles. The van der Waals surface area contributed by atoms with Crippen LogP contribution < -0.4 is 5.48 Å². The quantitative estimate of drug-likeness (QED) is 0.626. The van der Waals surface area contributed by atoms with E-state index in [9.17, 15) is 9.59 Å². The zero-order chi connectivity index (χ0) is 18.1. The third-order valence-electron chi connectivity index (χ3n) is 7.32. The Morgan fingerprint density at radius 1 is 1.15 bits per heavy atom. The molecule has 0 aromatic carbocycles. The first-order valence-corrected chi connectivity index (χ1v) is 9.81. The van der Waals surface area contributed by atoms with Crippen molar-refractivity contribution >= 4 is 11.8 Å². The van der Waals surface area contributed by atoms with Crippen LogP contribution in [0.1, 0.15) is 67.8 Å². The summed E-state index contributed by atoms with van der Waals surface area (Å²) in [5, 5.41) is 8.84. The third-order valence-corrected chi connectivity index (χ3v) is 7.32. The Kier molecular flexibility index (Phi) is 3.48. The van der Waals surface area contributed by atoms with Crippen LogP contribution in [0, 0.1) is 23.2 Å². The van der Waals surface area contributed by atoms with Crippen molar-refractivity contribution in [3.63, 3.8) is 0 Å². The summed E-state index contributed by atoms with van der Waals surface area (Å²) in [5.74, 6) is 2.66. The maximum absolute atomic E-state index is 13.6. The van der Waals surface area contributed by atoms with E-state index < -0.39 is 5.91 Å². The zero-order valence-corrected chi connectivity index (χ0v) is 15.1. The molecule has 7 heteroatoms. The van der Waals surface area contributed by atoms with Crippen LogP contribution in [0.25, 0.3) is 0 Å². The summed E-state index contributed by atoms with van der Waals surface area (Å²) in [4.78, 5) is 31.7. The molecule has 4 bridgehead atoms. The fraction of sp³-hybridized carbons (Fsp3) is 0.737. The van der Waals surface area contributed by atoms with Crippen molar-refractivity contribution in [2.45, 2.75) is 58.0 Å². The first-order chi connectivity index (χ1) is 12.5. The number of rotatable bonds is 2. The van der Waals surface area contributed by atoms with Gasteiger partial charge in [0.05, 0.1) is 11.5 Å². The molecule has 26 heavy (non-hydrogen) atoms. The topological polar surface area (TPSA) is 87.5 Å². The number of carbonyl (C=O) groups excluding carboxylic acids is 2. The Hall–Kier alpha value is -1.89. The molecule has 1 aromatic heterocycles. The fourth-order valence-corrected chi connectivity index (χ4v) is 6.61. The summed E-state index contributed by atoms with van der Waals surface area (Å²) in [6.07, 6.45) is 8.82. The van der Waals surface area contributed by atoms with Gasteiger partial charge in [-0.2, -0.15) is 0 Å². The molecule has 1 aliphatic heterocycles. The monoisotopic (exact) mass is 358 g/mol. The molecule has 0 spiro atoms. The minimum Gasteiger partial charge on any atom is -0.331 e. The van der Waals surface area contributed by atoms with Crippen LogP contribution in [0.5, 0.6) is 0 Å². The van der Waals surface area contributed by atoms with E-state index in [4.69, 9.17) is 5.21 Å². The lowest BCUT2D eigenvalue weighted by atomic mass is 9.49. The van der Waals surface area contributed by atoms with E-state index in [1.165, 1.54) is 19.3 Å². The first kappa shape index (κ1) is 16.3. The SMILES string of the molecule is CC1c2nc(C(=O)NO)cn2CCN1C(=O)C12CC3CC(CC(C3)C1)C2. The van der Waals surface area contributed by atoms with Crippen molar-refractivity contribution in [2.75, 3.05) is 6.54 Å². The molecular weight excluding hydrogens is 332 g/mol. The summed E-state index contributed by atoms with van der Waals surface area (Å²) in [5.41, 5.74) is 1.68. The molecule has 0 saturated heterocycles. The van der Waals surface area contributed by atoms with E-state index >= 15 is 0 Å². The van der Waals surface area contributed by atoms with Crippen molar-refractivity contribution in [2.24, 2.45) is 23.2 Å². The molecule has 1 atom stereocenters. The fourth-order valence-electron chi connectivity index (χ4n) is 6.61. The van der Waals surface area contributed by atoms with Gasteiger partial charge in [0.2, 0.25) is 5.91 Å². The minimum atomic E-state index is -0.613. The molecule has 2 amide bonds. The molecule has 7 nitrogen and oxygen atoms in total. The number of nitrogens with one attached hydrogen (secondary N) is 1. The molecular formula is C19H26N4O3. The van der Waals surface area contributed by atoms with Gasteiger partial charge in [0.15, 0.2) is 0 Å². The number of carbonyl (C=O) groups is 2. The summed E-state index contributed by atoms with van der Waals surface area (Å²) >= 11 is 0. The molecule has 4 fully saturated rings. The predicted octanol–water partition coefficient (Wildman–Crippen LogP) is 2.12. The normalized spacial score (nSPS) is 37.5. The van der Waals surface area contributed by atoms with Gasteiger partial charge in [-0.05, 0) is 63.2 Å². The van der Waals surface area contributed by atoms with Crippen molar-refractivity contribution in [1.29, 1.82) is 0 Å². The van der Waals surface area contributed by atoms with Gasteiger partial charge in [-0.3, -0.25) is 14.8 Å². The lowest BCUT2D eigenvalue weighted by Gasteiger charge is -2.57. The summed E-state index contributed by atoms with van der Waals surface area (Å²) in [6, 6.07) is -0.149. The van der Waals surface area contributed by atoms with Crippen LogP contribution in [0.4, 0.5) is 0 Å². The smallest absolute Gasteiger partial charge is 0.294 e. The van der Waals surface area contributed by atoms with Crippen molar-refractivity contribution in [3.8, 4) is 0 Å². The van der Waals surface area contributed by atoms with Gasteiger partial charge in [0, 0.05) is 19.3 Å². The van der Waals surface area contributed by atoms with Gasteiger partial charge in [-0.15, -0.1) is 0 Å². The Labute approximate surface area is 152 Å². The molecule has 1 unspecified atom stereocenters. The lowest BCUT2D eigenvalue weighted by Crippen LogP contribution is -2.56. The largest absolute Gasteiger partial charge is 0.331 e. The van der Waals surface area contributed by atoms with Crippen molar-refractivity contribution < 1.29 is 14.8 Å². The molecule has 140 valence electrons. The third kappa shape index (κ3) is 2.25. The van der Waals surface area contributed by atoms with Crippen molar-refractivity contribution in [1.82, 2.24) is 19.9 Å². The van der Waals surface area contributed by atoms with Crippen LogP contribution in [0.15, 0.2) is 6.20 Å². The van der Waals surface area contributed by atoms with Crippen LogP contribution >= 0.6 is 0 Å². The highest BCUT2D eigenvalue weighted by atomic mass is 16.5. The molecule has 4 saturated carbocycles. The van der Waals surface area contributed by atoms with E-state index in [1.807, 2.05) is 16.4 Å². The van der Waals surface area contributed by atoms with E-state index in [2.05, 4.69) is 4.98 Å². The first-order valence-electron chi connectivity index (χ1n) is 9.81. The highest BCUT2D eigenvalue weighted by Gasteiger charge is 2.56. The number of aromatic nitrogens is 2. The van der Waals surface area contributed by atoms with Crippen LogP contribution in [-0.4, -0.2) is 38.0 Å². The number of amides is 2. The van der Waals surface area contributed by atoms with Gasteiger partial charge in [0.1, 0.15) is 11.5 Å². The molecule has 0 radical (unpaired) electrons. The standard InChI is InChI=1S/C19H26N4O3/c1-11-16-20-15(17(24)21-26)10-22(16)2-3-23(11)18(25)19-7-12-4-13(8-19)6-14(5-12)9-19/h10-14,26H,2-9H2,1H3,(H,21,24). The van der Waals surface area contributed by atoms with E-state index in [-0.39, 0.29) is 17.2 Å². The second-order valence-corrected chi connectivity index (χ2v) is 8.99. The van der Waals surface area contributed by atoms with Gasteiger partial charge in [-0.25, -0.2) is 10.5 Å². The Morgan fingerprint density at radius 3 is 2.35 bits per heavy atom. The predicted molar refractivity (Wildman–Crippen MR) is 92.2 cm³/mol. The Bertz CT molecular complexity index is 736. The van der Waals surface area contributed by atoms with Crippen LogP contribution in [0.3, 0.4) is 0 Å². The zero-order valence-electron chi connectivity index (χ0n) is 15.1. The minimum absolute atomic E-state index is 0.149. The second kappa shape index (κ2) is 5.55. The summed E-state index contributed by atoms with van der Waals surface area (Å²) < 4.78 is 1.93. The highest BCUT2D eigenvalue weighted by Crippen LogP contribution is 2.60. The summed E-state index contributed by atoms with van der Waals surface area (Å²) in [7, 11) is 0. The number of hydrogen-bond donors (Lipinski definition) is 2. The maximum Gasteiger partial charge on any atom is 0.294 e. The number of hydrogen-bond acceptors (Lipinski definition) is 4. The van der Waals surface area contributed by atoms with E-state index in [0.29, 0.717) is 19.0 Å². The van der Waals surface area contributed by atoms with Gasteiger partial charge in [-0.1, -0.05) is 0 Å². The van der Waals surface area contributed by atoms with E-state index in [0.717, 1.165) is 42.8 Å². The molecule has 5 aliphatic rings. The maximum atomic E-state index is 13.6. The average molecular weight is 358 g/mol. The Morgan fingerprint density at radius 2 is 1.77 bits per heavy atom. The van der Waals surface area contributed by atoms with Crippen LogP contribution in [0.2, 0.25) is 0 Å². The second-order valence-electron chi connectivity index (χ2n) is 8.99. The van der Waals surface area contributed by atoms with Crippen LogP contribution in [-0.2, 0) is 11.3 Å². The number of nitrogens with zero attached hydrogens (tertiary/aromatic N) is 3.